The van der Waals surface area contributed by atoms with Crippen LogP contribution in [0.15, 0.2) is 35.7 Å². The van der Waals surface area contributed by atoms with Crippen LogP contribution in [0.1, 0.15) is 15.2 Å². The molecule has 0 unspecified atom stereocenters. The molecule has 21 heavy (non-hydrogen) atoms. The minimum atomic E-state index is -1.06. The summed E-state index contributed by atoms with van der Waals surface area (Å²) in [5.74, 6) is -1.29. The predicted octanol–water partition coefficient (Wildman–Crippen LogP) is 2.69. The average molecular weight is 304 g/mol. The highest BCUT2D eigenvalue weighted by Gasteiger charge is 2.14. The number of carboxylic acid groups (broad SMARTS) is 1. The van der Waals surface area contributed by atoms with Gasteiger partial charge in [-0.15, -0.1) is 11.3 Å². The third-order valence-electron chi connectivity index (χ3n) is 2.94. The highest BCUT2D eigenvalue weighted by atomic mass is 32.1. The van der Waals surface area contributed by atoms with Crippen molar-refractivity contribution in [1.29, 1.82) is 0 Å². The molecule has 1 aromatic carbocycles. The zero-order valence-electron chi connectivity index (χ0n) is 11.8. The number of amides is 1. The summed E-state index contributed by atoms with van der Waals surface area (Å²) < 4.78 is 0. The molecule has 0 atom stereocenters. The Morgan fingerprint density at radius 1 is 1.29 bits per heavy atom. The van der Waals surface area contributed by atoms with Gasteiger partial charge in [-0.25, -0.2) is 4.79 Å². The predicted molar refractivity (Wildman–Crippen MR) is 84.4 cm³/mol. The standard InChI is InChI=1S/C15H16N2O3S/c1-17(2)10-5-6-13(12(8-10)15(19)20)16-14(18)9-11-4-3-7-21-11/h3-8H,9H2,1-2H3,(H,16,18)(H,19,20). The van der Waals surface area contributed by atoms with Crippen LogP contribution >= 0.6 is 11.3 Å². The van der Waals surface area contributed by atoms with Crippen LogP contribution in [0.25, 0.3) is 0 Å². The Kier molecular flexibility index (Phi) is 4.59. The number of nitrogens with one attached hydrogen (secondary N) is 1. The summed E-state index contributed by atoms with van der Waals surface area (Å²) in [6.45, 7) is 0. The monoisotopic (exact) mass is 304 g/mol. The molecule has 0 aliphatic carbocycles. The molecule has 0 spiro atoms. The maximum absolute atomic E-state index is 12.0. The van der Waals surface area contributed by atoms with Crippen molar-refractivity contribution in [2.24, 2.45) is 0 Å². The van der Waals surface area contributed by atoms with Gasteiger partial charge in [0.25, 0.3) is 0 Å². The minimum absolute atomic E-state index is 0.0840. The Morgan fingerprint density at radius 2 is 2.05 bits per heavy atom. The van der Waals surface area contributed by atoms with Crippen molar-refractivity contribution < 1.29 is 14.7 Å². The van der Waals surface area contributed by atoms with Crippen LogP contribution in [0.5, 0.6) is 0 Å². The quantitative estimate of drug-likeness (QED) is 0.891. The lowest BCUT2D eigenvalue weighted by molar-refractivity contribution is -0.115. The number of hydrogen-bond donors (Lipinski definition) is 2. The van der Waals surface area contributed by atoms with E-state index in [4.69, 9.17) is 0 Å². The summed E-state index contributed by atoms with van der Waals surface area (Å²) in [6.07, 6.45) is 0.242. The Bertz CT molecular complexity index is 651. The van der Waals surface area contributed by atoms with Crippen molar-refractivity contribution in [3.63, 3.8) is 0 Å². The summed E-state index contributed by atoms with van der Waals surface area (Å²) in [5.41, 5.74) is 1.17. The topological polar surface area (TPSA) is 69.6 Å². The molecule has 0 saturated heterocycles. The fourth-order valence-electron chi connectivity index (χ4n) is 1.86. The Balaban J connectivity index is 2.19. The summed E-state index contributed by atoms with van der Waals surface area (Å²) >= 11 is 1.49. The lowest BCUT2D eigenvalue weighted by atomic mass is 10.1. The van der Waals surface area contributed by atoms with E-state index in [1.807, 2.05) is 36.5 Å². The molecule has 2 aromatic rings. The summed E-state index contributed by atoms with van der Waals surface area (Å²) in [6, 6.07) is 8.68. The number of carbonyl (C=O) groups excluding carboxylic acids is 1. The summed E-state index contributed by atoms with van der Waals surface area (Å²) in [4.78, 5) is 26.0. The molecule has 0 bridgehead atoms. The molecule has 1 aromatic heterocycles. The van der Waals surface area contributed by atoms with Gasteiger partial charge >= 0.3 is 5.97 Å². The first-order valence-electron chi connectivity index (χ1n) is 6.34. The molecule has 1 amide bonds. The van der Waals surface area contributed by atoms with Crippen LogP contribution < -0.4 is 10.2 Å². The second-order valence-electron chi connectivity index (χ2n) is 4.73. The Hall–Kier alpha value is -2.34. The lowest BCUT2D eigenvalue weighted by Crippen LogP contribution is -2.17. The molecule has 1 heterocycles. The number of nitrogens with zero attached hydrogens (tertiary/aromatic N) is 1. The van der Waals surface area contributed by atoms with Gasteiger partial charge in [0.2, 0.25) is 5.91 Å². The smallest absolute Gasteiger partial charge is 0.337 e. The molecular weight excluding hydrogens is 288 g/mol. The molecule has 0 aliphatic heterocycles. The molecule has 2 rings (SSSR count). The molecule has 6 heteroatoms. The maximum atomic E-state index is 12.0. The van der Waals surface area contributed by atoms with Crippen molar-refractivity contribution in [1.82, 2.24) is 0 Å². The second-order valence-corrected chi connectivity index (χ2v) is 5.77. The Morgan fingerprint density at radius 3 is 2.62 bits per heavy atom. The number of aromatic carboxylic acids is 1. The number of anilines is 2. The maximum Gasteiger partial charge on any atom is 0.337 e. The van der Waals surface area contributed by atoms with Crippen LogP contribution in [0.2, 0.25) is 0 Å². The molecule has 0 fully saturated rings. The normalized spacial score (nSPS) is 10.2. The van der Waals surface area contributed by atoms with Crippen LogP contribution in [-0.2, 0) is 11.2 Å². The van der Waals surface area contributed by atoms with Crippen molar-refractivity contribution in [2.45, 2.75) is 6.42 Å². The number of benzene rings is 1. The SMILES string of the molecule is CN(C)c1ccc(NC(=O)Cc2cccs2)c(C(=O)O)c1. The van der Waals surface area contributed by atoms with Crippen LogP contribution in [-0.4, -0.2) is 31.1 Å². The molecule has 2 N–H and O–H groups in total. The fourth-order valence-corrected chi connectivity index (χ4v) is 2.57. The van der Waals surface area contributed by atoms with Gasteiger partial charge in [0.05, 0.1) is 17.7 Å². The minimum Gasteiger partial charge on any atom is -0.478 e. The van der Waals surface area contributed by atoms with Crippen molar-refractivity contribution in [3.05, 3.63) is 46.2 Å². The van der Waals surface area contributed by atoms with Gasteiger partial charge in [-0.2, -0.15) is 0 Å². The summed E-state index contributed by atoms with van der Waals surface area (Å²) in [5, 5.41) is 13.8. The zero-order valence-corrected chi connectivity index (χ0v) is 12.6. The number of rotatable bonds is 5. The third kappa shape index (κ3) is 3.82. The van der Waals surface area contributed by atoms with E-state index in [9.17, 15) is 14.7 Å². The van der Waals surface area contributed by atoms with Crippen LogP contribution in [0.4, 0.5) is 11.4 Å². The van der Waals surface area contributed by atoms with Gasteiger partial charge < -0.3 is 15.3 Å². The van der Waals surface area contributed by atoms with Crippen molar-refractivity contribution in [3.8, 4) is 0 Å². The molecule has 0 radical (unpaired) electrons. The highest BCUT2D eigenvalue weighted by Crippen LogP contribution is 2.23. The molecular formula is C15H16N2O3S. The second kappa shape index (κ2) is 6.41. The van der Waals surface area contributed by atoms with E-state index in [-0.39, 0.29) is 17.9 Å². The average Bonchev–Trinajstić information content (AvgIpc) is 2.91. The molecule has 5 nitrogen and oxygen atoms in total. The summed E-state index contributed by atoms with van der Waals surface area (Å²) in [7, 11) is 3.66. The lowest BCUT2D eigenvalue weighted by Gasteiger charge is -2.15. The highest BCUT2D eigenvalue weighted by molar-refractivity contribution is 7.10. The number of carboxylic acids is 1. The van der Waals surface area contributed by atoms with E-state index >= 15 is 0 Å². The van der Waals surface area contributed by atoms with Gasteiger partial charge in [0.15, 0.2) is 0 Å². The van der Waals surface area contributed by atoms with E-state index < -0.39 is 5.97 Å². The molecule has 0 saturated carbocycles. The van der Waals surface area contributed by atoms with Crippen LogP contribution in [0, 0.1) is 0 Å². The zero-order chi connectivity index (χ0) is 15.4. The van der Waals surface area contributed by atoms with E-state index in [2.05, 4.69) is 5.32 Å². The van der Waals surface area contributed by atoms with Gasteiger partial charge in [0.1, 0.15) is 0 Å². The van der Waals surface area contributed by atoms with E-state index in [1.54, 1.807) is 18.2 Å². The van der Waals surface area contributed by atoms with Gasteiger partial charge in [-0.3, -0.25) is 4.79 Å². The van der Waals surface area contributed by atoms with E-state index in [1.165, 1.54) is 11.3 Å². The largest absolute Gasteiger partial charge is 0.478 e. The number of hydrogen-bond acceptors (Lipinski definition) is 4. The van der Waals surface area contributed by atoms with Crippen molar-refractivity contribution in [2.75, 3.05) is 24.3 Å². The number of carbonyl (C=O) groups is 2. The van der Waals surface area contributed by atoms with Gasteiger partial charge in [-0.1, -0.05) is 6.07 Å². The van der Waals surface area contributed by atoms with Gasteiger partial charge in [0, 0.05) is 24.7 Å². The van der Waals surface area contributed by atoms with E-state index in [0.717, 1.165) is 10.6 Å². The molecule has 110 valence electrons. The first-order chi connectivity index (χ1) is 9.97. The van der Waals surface area contributed by atoms with Crippen LogP contribution in [0.3, 0.4) is 0 Å². The van der Waals surface area contributed by atoms with Gasteiger partial charge in [-0.05, 0) is 29.6 Å². The molecule has 0 aliphatic rings. The number of thiophene rings is 1. The van der Waals surface area contributed by atoms with E-state index in [0.29, 0.717) is 5.69 Å². The third-order valence-corrected chi connectivity index (χ3v) is 3.82. The first kappa shape index (κ1) is 15.1. The Labute approximate surface area is 126 Å². The fraction of sp³-hybridized carbons (Fsp3) is 0.200. The first-order valence-corrected chi connectivity index (χ1v) is 7.22. The van der Waals surface area contributed by atoms with Crippen molar-refractivity contribution >= 4 is 34.6 Å².